The van der Waals surface area contributed by atoms with E-state index in [2.05, 4.69) is 48.7 Å². The number of nitrogens with one attached hydrogen (secondary N) is 1. The Labute approximate surface area is 278 Å². The zero-order valence-corrected chi connectivity index (χ0v) is 27.6. The standard InChI is InChI=1S/C34H42N10O4/c1-5-13-43-32(46)28-18-35-33(38-31(28)44(43)30-8-6-7-29(37-30)34(3,4)47)36-24-9-11-25(12-10-24)39-14-16-40(17-15-39)26-19-41(20-26)27-21-42(22-27)48-23(2)45/h5-12,18,26-27,47H,1,13-17,19-22H2,2-4H3,(H,35,36,38). The molecule has 3 fully saturated rings. The molecule has 0 spiro atoms. The Hall–Kier alpha value is -4.63. The van der Waals surface area contributed by atoms with E-state index in [9.17, 15) is 14.7 Å². The second-order valence-electron chi connectivity index (χ2n) is 13.2. The van der Waals surface area contributed by atoms with E-state index in [4.69, 9.17) is 9.82 Å². The predicted molar refractivity (Wildman–Crippen MR) is 182 cm³/mol. The number of pyridine rings is 1. The third-order valence-electron chi connectivity index (χ3n) is 9.37. The van der Waals surface area contributed by atoms with Crippen LogP contribution in [0.2, 0.25) is 0 Å². The predicted octanol–water partition coefficient (Wildman–Crippen LogP) is 2.10. The van der Waals surface area contributed by atoms with E-state index < -0.39 is 5.60 Å². The van der Waals surface area contributed by atoms with E-state index >= 15 is 0 Å². The molecule has 48 heavy (non-hydrogen) atoms. The molecule has 3 saturated heterocycles. The van der Waals surface area contributed by atoms with E-state index in [1.807, 2.05) is 12.1 Å². The van der Waals surface area contributed by atoms with Gasteiger partial charge < -0.3 is 20.2 Å². The summed E-state index contributed by atoms with van der Waals surface area (Å²) < 4.78 is 3.16. The Kier molecular flexibility index (Phi) is 8.50. The molecule has 0 bridgehead atoms. The van der Waals surface area contributed by atoms with Crippen molar-refractivity contribution in [3.63, 3.8) is 0 Å². The fourth-order valence-electron chi connectivity index (χ4n) is 6.64. The largest absolute Gasteiger partial charge is 0.384 e. The number of piperazine rings is 1. The number of fused-ring (bicyclic) bond motifs is 1. The quantitative estimate of drug-likeness (QED) is 0.242. The summed E-state index contributed by atoms with van der Waals surface area (Å²) in [7, 11) is 0. The maximum Gasteiger partial charge on any atom is 0.322 e. The molecule has 2 N–H and O–H groups in total. The third-order valence-corrected chi connectivity index (χ3v) is 9.37. The van der Waals surface area contributed by atoms with Crippen molar-refractivity contribution in [1.82, 2.24) is 39.2 Å². The Bertz CT molecular complexity index is 1860. The van der Waals surface area contributed by atoms with Gasteiger partial charge in [0.2, 0.25) is 5.95 Å². The molecule has 0 aliphatic carbocycles. The minimum Gasteiger partial charge on any atom is -0.384 e. The number of allylic oxidation sites excluding steroid dienone is 1. The molecule has 14 heteroatoms. The Morgan fingerprint density at radius 2 is 1.73 bits per heavy atom. The highest BCUT2D eigenvalue weighted by molar-refractivity contribution is 5.77. The maximum atomic E-state index is 13.3. The Morgan fingerprint density at radius 3 is 2.40 bits per heavy atom. The average molecular weight is 655 g/mol. The van der Waals surface area contributed by atoms with Crippen LogP contribution in [0.25, 0.3) is 16.9 Å². The molecule has 3 aromatic heterocycles. The van der Waals surface area contributed by atoms with Gasteiger partial charge in [0.05, 0.1) is 25.3 Å². The molecular weight excluding hydrogens is 612 g/mol. The molecule has 3 aliphatic rings. The van der Waals surface area contributed by atoms with Crippen LogP contribution in [0.3, 0.4) is 0 Å². The number of carbonyl (C=O) groups excluding carboxylic acids is 1. The van der Waals surface area contributed by atoms with Gasteiger partial charge in [0.15, 0.2) is 11.5 Å². The molecule has 6 heterocycles. The zero-order valence-electron chi connectivity index (χ0n) is 27.6. The van der Waals surface area contributed by atoms with E-state index in [0.717, 1.165) is 58.0 Å². The van der Waals surface area contributed by atoms with Crippen LogP contribution in [0.5, 0.6) is 0 Å². The van der Waals surface area contributed by atoms with Crippen molar-refractivity contribution < 1.29 is 14.7 Å². The van der Waals surface area contributed by atoms with Crippen LogP contribution >= 0.6 is 0 Å². The first-order valence-corrected chi connectivity index (χ1v) is 16.4. The summed E-state index contributed by atoms with van der Waals surface area (Å²) in [5.41, 5.74) is 1.46. The van der Waals surface area contributed by atoms with Crippen LogP contribution in [0, 0.1) is 0 Å². The van der Waals surface area contributed by atoms with Gasteiger partial charge in [-0.3, -0.25) is 19.4 Å². The van der Waals surface area contributed by atoms with Crippen LogP contribution < -0.4 is 15.8 Å². The molecule has 0 unspecified atom stereocenters. The first kappa shape index (κ1) is 31.9. The number of hydroxylamine groups is 2. The van der Waals surface area contributed by atoms with Gasteiger partial charge >= 0.3 is 5.97 Å². The van der Waals surface area contributed by atoms with E-state index in [1.54, 1.807) is 47.9 Å². The van der Waals surface area contributed by atoms with Crippen molar-refractivity contribution in [2.24, 2.45) is 0 Å². The van der Waals surface area contributed by atoms with Crippen molar-refractivity contribution in [2.45, 2.75) is 45.0 Å². The second kappa shape index (κ2) is 12.8. The van der Waals surface area contributed by atoms with Gasteiger partial charge in [-0.25, -0.2) is 19.3 Å². The number of anilines is 3. The number of aliphatic hydroxyl groups is 1. The smallest absolute Gasteiger partial charge is 0.322 e. The van der Waals surface area contributed by atoms with Crippen molar-refractivity contribution >= 4 is 34.3 Å². The monoisotopic (exact) mass is 654 g/mol. The van der Waals surface area contributed by atoms with Crippen LogP contribution in [-0.2, 0) is 21.8 Å². The molecule has 14 nitrogen and oxygen atoms in total. The average Bonchev–Trinajstić information content (AvgIpc) is 3.29. The number of hydrogen-bond donors (Lipinski definition) is 2. The SMILES string of the molecule is C=CCn1c(=O)c2cnc(Nc3ccc(N4CCN(C5CN(C6CN(OC(C)=O)C6)C5)CC4)cc3)nc2n1-c1cccc(C(C)(C)O)n1. The highest BCUT2D eigenvalue weighted by atomic mass is 16.7. The number of nitrogens with zero attached hydrogens (tertiary/aromatic N) is 9. The summed E-state index contributed by atoms with van der Waals surface area (Å²) in [5, 5.41) is 15.9. The molecule has 7 rings (SSSR count). The molecule has 0 amide bonds. The van der Waals surface area contributed by atoms with Gasteiger partial charge in [0.25, 0.3) is 5.56 Å². The van der Waals surface area contributed by atoms with Gasteiger partial charge in [-0.15, -0.1) is 11.6 Å². The maximum absolute atomic E-state index is 13.3. The molecule has 0 radical (unpaired) electrons. The molecule has 4 aromatic rings. The molecule has 0 saturated carbocycles. The number of aromatic nitrogens is 5. The van der Waals surface area contributed by atoms with E-state index in [-0.39, 0.29) is 18.1 Å². The molecular formula is C34H42N10O4. The van der Waals surface area contributed by atoms with E-state index in [0.29, 0.717) is 40.6 Å². The van der Waals surface area contributed by atoms with Gasteiger partial charge in [0, 0.05) is 75.8 Å². The minimum absolute atomic E-state index is 0.250. The van der Waals surface area contributed by atoms with Crippen LogP contribution in [-0.4, -0.2) is 115 Å². The Balaban J connectivity index is 0.989. The fourth-order valence-corrected chi connectivity index (χ4v) is 6.64. The lowest BCUT2D eigenvalue weighted by atomic mass is 9.99. The summed E-state index contributed by atoms with van der Waals surface area (Å²) in [4.78, 5) is 50.9. The lowest BCUT2D eigenvalue weighted by Gasteiger charge is -2.54. The van der Waals surface area contributed by atoms with Crippen LogP contribution in [0.1, 0.15) is 26.5 Å². The van der Waals surface area contributed by atoms with Crippen LogP contribution in [0.4, 0.5) is 17.3 Å². The number of rotatable bonds is 10. The van der Waals surface area contributed by atoms with Crippen molar-refractivity contribution in [2.75, 3.05) is 62.6 Å². The molecule has 252 valence electrons. The highest BCUT2D eigenvalue weighted by Gasteiger charge is 2.42. The van der Waals surface area contributed by atoms with Gasteiger partial charge in [-0.2, -0.15) is 4.98 Å². The third kappa shape index (κ3) is 6.31. The number of hydrogen-bond acceptors (Lipinski definition) is 12. The van der Waals surface area contributed by atoms with Gasteiger partial charge in [-0.1, -0.05) is 12.1 Å². The zero-order chi connectivity index (χ0) is 33.6. The summed E-state index contributed by atoms with van der Waals surface area (Å²) in [6, 6.07) is 14.6. The fraction of sp³-hybridized carbons (Fsp3) is 0.441. The summed E-state index contributed by atoms with van der Waals surface area (Å²) in [6.07, 6.45) is 3.17. The lowest BCUT2D eigenvalue weighted by molar-refractivity contribution is -0.226. The summed E-state index contributed by atoms with van der Waals surface area (Å²) in [5.74, 6) is 0.555. The van der Waals surface area contributed by atoms with Crippen molar-refractivity contribution in [3.8, 4) is 5.82 Å². The lowest BCUT2D eigenvalue weighted by Crippen LogP contribution is -2.70. The first-order chi connectivity index (χ1) is 23.1. The molecule has 1 aromatic carbocycles. The van der Waals surface area contributed by atoms with Crippen molar-refractivity contribution in [3.05, 3.63) is 77.4 Å². The van der Waals surface area contributed by atoms with E-state index in [1.165, 1.54) is 23.5 Å². The van der Waals surface area contributed by atoms with Crippen molar-refractivity contribution in [1.29, 1.82) is 0 Å². The highest BCUT2D eigenvalue weighted by Crippen LogP contribution is 2.27. The topological polar surface area (TPSA) is 137 Å². The molecule has 3 aliphatic heterocycles. The second-order valence-corrected chi connectivity index (χ2v) is 13.2. The van der Waals surface area contributed by atoms with Crippen LogP contribution in [0.15, 0.2) is 66.1 Å². The number of benzene rings is 1. The van der Waals surface area contributed by atoms with Gasteiger partial charge in [0.1, 0.15) is 11.0 Å². The summed E-state index contributed by atoms with van der Waals surface area (Å²) >= 11 is 0. The molecule has 0 atom stereocenters. The summed E-state index contributed by atoms with van der Waals surface area (Å²) in [6.45, 7) is 16.6. The number of carbonyl (C=O) groups is 1. The van der Waals surface area contributed by atoms with Gasteiger partial charge in [-0.05, 0) is 50.2 Å². The Morgan fingerprint density at radius 1 is 1.02 bits per heavy atom. The normalized spacial score (nSPS) is 18.5. The minimum atomic E-state index is -1.16. The first-order valence-electron chi connectivity index (χ1n) is 16.4. The number of likely N-dealkylation sites (tertiary alicyclic amines) is 1.